The van der Waals surface area contributed by atoms with Gasteiger partial charge in [0, 0.05) is 17.0 Å². The van der Waals surface area contributed by atoms with Gasteiger partial charge in [-0.1, -0.05) is 60.2 Å². The molecule has 0 saturated carbocycles. The highest BCUT2D eigenvalue weighted by molar-refractivity contribution is 5.86. The SMILES string of the molecule is CCOc1cc(C=Nn2c(-c3cc4ccccc4o3)nc3ccccc3c2=O)cc([N+](=O)[O-])c1OCc1ccc(C)cc1. The summed E-state index contributed by atoms with van der Waals surface area (Å²) in [6.45, 7) is 4.12. The molecule has 0 unspecified atom stereocenters. The molecule has 214 valence electrons. The molecule has 0 aliphatic heterocycles. The van der Waals surface area contributed by atoms with Crippen LogP contribution in [0.3, 0.4) is 0 Å². The first-order valence-corrected chi connectivity index (χ1v) is 13.6. The second kappa shape index (κ2) is 11.6. The molecule has 0 fully saturated rings. The number of furan rings is 1. The van der Waals surface area contributed by atoms with Crippen LogP contribution in [-0.2, 0) is 6.61 Å². The summed E-state index contributed by atoms with van der Waals surface area (Å²) in [5.74, 6) is 0.736. The van der Waals surface area contributed by atoms with Crippen LogP contribution in [0.2, 0.25) is 0 Å². The number of rotatable bonds is 9. The Hall–Kier alpha value is -5.77. The number of aryl methyl sites for hydroxylation is 1. The Morgan fingerprint density at radius 3 is 2.53 bits per heavy atom. The fraction of sp³-hybridized carbons (Fsp3) is 0.121. The van der Waals surface area contributed by atoms with E-state index in [1.165, 1.54) is 12.3 Å². The molecule has 2 aromatic heterocycles. The maximum atomic E-state index is 13.6. The Labute approximate surface area is 245 Å². The van der Waals surface area contributed by atoms with Crippen LogP contribution in [0, 0.1) is 17.0 Å². The van der Waals surface area contributed by atoms with Crippen molar-refractivity contribution in [2.24, 2.45) is 5.10 Å². The van der Waals surface area contributed by atoms with Gasteiger partial charge in [-0.15, -0.1) is 0 Å². The van der Waals surface area contributed by atoms with Crippen LogP contribution in [0.4, 0.5) is 5.69 Å². The van der Waals surface area contributed by atoms with Gasteiger partial charge in [-0.25, -0.2) is 4.98 Å². The maximum Gasteiger partial charge on any atom is 0.315 e. The first-order chi connectivity index (χ1) is 20.9. The van der Waals surface area contributed by atoms with E-state index in [9.17, 15) is 14.9 Å². The number of nitro benzene ring substituents is 1. The van der Waals surface area contributed by atoms with Crippen LogP contribution in [0.1, 0.15) is 23.6 Å². The molecule has 43 heavy (non-hydrogen) atoms. The zero-order valence-electron chi connectivity index (χ0n) is 23.4. The van der Waals surface area contributed by atoms with Gasteiger partial charge in [0.05, 0.1) is 28.6 Å². The summed E-state index contributed by atoms with van der Waals surface area (Å²) < 4.78 is 18.8. The molecule has 0 atom stereocenters. The second-order valence-electron chi connectivity index (χ2n) is 9.79. The highest BCUT2D eigenvalue weighted by Crippen LogP contribution is 2.39. The lowest BCUT2D eigenvalue weighted by atomic mass is 10.1. The van der Waals surface area contributed by atoms with Crippen molar-refractivity contribution in [2.45, 2.75) is 20.5 Å². The van der Waals surface area contributed by atoms with Crippen LogP contribution in [-0.4, -0.2) is 27.4 Å². The summed E-state index contributed by atoms with van der Waals surface area (Å²) in [7, 11) is 0. The van der Waals surface area contributed by atoms with E-state index in [0.29, 0.717) is 27.8 Å². The van der Waals surface area contributed by atoms with Crippen LogP contribution >= 0.6 is 0 Å². The summed E-state index contributed by atoms with van der Waals surface area (Å²) >= 11 is 0. The van der Waals surface area contributed by atoms with E-state index in [1.807, 2.05) is 55.5 Å². The number of para-hydroxylation sites is 2. The van der Waals surface area contributed by atoms with Crippen LogP contribution in [0.5, 0.6) is 11.5 Å². The van der Waals surface area contributed by atoms with Crippen molar-refractivity contribution in [3.8, 4) is 23.1 Å². The summed E-state index contributed by atoms with van der Waals surface area (Å²) in [4.78, 5) is 29.9. The van der Waals surface area contributed by atoms with Gasteiger partial charge in [0.25, 0.3) is 5.56 Å². The van der Waals surface area contributed by atoms with E-state index in [2.05, 4.69) is 10.1 Å². The highest BCUT2D eigenvalue weighted by atomic mass is 16.6. The van der Waals surface area contributed by atoms with Gasteiger partial charge in [0.15, 0.2) is 11.5 Å². The average Bonchev–Trinajstić information content (AvgIpc) is 3.45. The minimum absolute atomic E-state index is 0.0112. The third kappa shape index (κ3) is 5.58. The molecular formula is C33H26N4O6. The van der Waals surface area contributed by atoms with Gasteiger partial charge in [0.2, 0.25) is 11.6 Å². The third-order valence-electron chi connectivity index (χ3n) is 6.78. The van der Waals surface area contributed by atoms with Gasteiger partial charge < -0.3 is 13.9 Å². The van der Waals surface area contributed by atoms with E-state index in [1.54, 1.807) is 43.3 Å². The van der Waals surface area contributed by atoms with E-state index in [-0.39, 0.29) is 36.2 Å². The average molecular weight is 575 g/mol. The second-order valence-corrected chi connectivity index (χ2v) is 9.79. The van der Waals surface area contributed by atoms with E-state index in [0.717, 1.165) is 21.2 Å². The van der Waals surface area contributed by atoms with Crippen molar-refractivity contribution in [3.05, 3.63) is 128 Å². The Kier molecular flexibility index (Phi) is 7.40. The van der Waals surface area contributed by atoms with Gasteiger partial charge in [-0.2, -0.15) is 9.78 Å². The van der Waals surface area contributed by atoms with E-state index < -0.39 is 10.5 Å². The molecule has 0 bridgehead atoms. The van der Waals surface area contributed by atoms with Gasteiger partial charge in [-0.3, -0.25) is 14.9 Å². The molecule has 10 nitrogen and oxygen atoms in total. The first-order valence-electron chi connectivity index (χ1n) is 13.6. The van der Waals surface area contributed by atoms with E-state index in [4.69, 9.17) is 13.9 Å². The number of nitro groups is 1. The summed E-state index contributed by atoms with van der Waals surface area (Å²) in [6.07, 6.45) is 1.35. The van der Waals surface area contributed by atoms with Crippen molar-refractivity contribution in [1.82, 2.24) is 9.66 Å². The minimum atomic E-state index is -0.534. The zero-order valence-corrected chi connectivity index (χ0v) is 23.4. The molecule has 4 aromatic carbocycles. The molecule has 6 rings (SSSR count). The zero-order chi connectivity index (χ0) is 29.9. The number of fused-ring (bicyclic) bond motifs is 2. The van der Waals surface area contributed by atoms with Gasteiger partial charge >= 0.3 is 5.69 Å². The lowest BCUT2D eigenvalue weighted by Gasteiger charge is -2.13. The minimum Gasteiger partial charge on any atom is -0.490 e. The van der Waals surface area contributed by atoms with Crippen LogP contribution < -0.4 is 15.0 Å². The molecule has 0 N–H and O–H groups in total. The smallest absolute Gasteiger partial charge is 0.315 e. The molecule has 6 aromatic rings. The Bertz CT molecular complexity index is 2030. The fourth-order valence-electron chi connectivity index (χ4n) is 4.67. The van der Waals surface area contributed by atoms with Crippen molar-refractivity contribution in [3.63, 3.8) is 0 Å². The number of ether oxygens (including phenoxy) is 2. The van der Waals surface area contributed by atoms with Crippen LogP contribution in [0.25, 0.3) is 33.5 Å². The molecule has 0 spiro atoms. The molecule has 10 heteroatoms. The monoisotopic (exact) mass is 574 g/mol. The summed E-state index contributed by atoms with van der Waals surface area (Å²) in [5.41, 5.74) is 2.68. The fourth-order valence-corrected chi connectivity index (χ4v) is 4.67. The van der Waals surface area contributed by atoms with Gasteiger partial charge in [0.1, 0.15) is 12.2 Å². The normalized spacial score (nSPS) is 11.4. The van der Waals surface area contributed by atoms with Crippen LogP contribution in [0.15, 0.2) is 105 Å². The van der Waals surface area contributed by atoms with Crippen molar-refractivity contribution < 1.29 is 18.8 Å². The number of hydrogen-bond acceptors (Lipinski definition) is 8. The molecule has 2 heterocycles. The van der Waals surface area contributed by atoms with Crippen molar-refractivity contribution in [1.29, 1.82) is 0 Å². The first kappa shape index (κ1) is 27.4. The molecule has 0 saturated heterocycles. The largest absolute Gasteiger partial charge is 0.490 e. The number of nitrogens with zero attached hydrogens (tertiary/aromatic N) is 4. The predicted octanol–water partition coefficient (Wildman–Crippen LogP) is 6.89. The standard InChI is InChI=1S/C33H26N4O6/c1-3-41-29-17-23(16-27(37(39)40)31(29)42-20-22-14-12-21(2)13-15-22)19-34-36-32(30-18-24-8-4-7-11-28(24)43-30)35-26-10-6-5-9-25(26)33(36)38/h4-19H,3,20H2,1-2H3. The quantitative estimate of drug-likeness (QED) is 0.105. The molecule has 0 amide bonds. The predicted molar refractivity (Wildman–Crippen MR) is 164 cm³/mol. The lowest BCUT2D eigenvalue weighted by molar-refractivity contribution is -0.386. The van der Waals surface area contributed by atoms with Crippen molar-refractivity contribution >= 4 is 33.8 Å². The van der Waals surface area contributed by atoms with Crippen molar-refractivity contribution in [2.75, 3.05) is 6.61 Å². The Morgan fingerprint density at radius 2 is 1.77 bits per heavy atom. The number of aromatic nitrogens is 2. The number of hydrogen-bond donors (Lipinski definition) is 0. The van der Waals surface area contributed by atoms with E-state index >= 15 is 0 Å². The molecule has 0 radical (unpaired) electrons. The number of benzene rings is 4. The maximum absolute atomic E-state index is 13.6. The third-order valence-corrected chi connectivity index (χ3v) is 6.78. The molecule has 0 aliphatic rings. The molecule has 0 aliphatic carbocycles. The lowest BCUT2D eigenvalue weighted by Crippen LogP contribution is -2.20. The highest BCUT2D eigenvalue weighted by Gasteiger charge is 2.23. The van der Waals surface area contributed by atoms with Gasteiger partial charge in [-0.05, 0) is 49.7 Å². The molecular weight excluding hydrogens is 548 g/mol. The summed E-state index contributed by atoms with van der Waals surface area (Å²) in [6, 6.07) is 26.8. The topological polar surface area (TPSA) is 122 Å². The summed E-state index contributed by atoms with van der Waals surface area (Å²) in [5, 5.41) is 17.8. The Balaban J connectivity index is 1.44. The Morgan fingerprint density at radius 1 is 1.00 bits per heavy atom.